The van der Waals surface area contributed by atoms with E-state index in [2.05, 4.69) is 5.32 Å². The molecule has 1 saturated heterocycles. The summed E-state index contributed by atoms with van der Waals surface area (Å²) in [5.74, 6) is 1.43. The molecule has 1 atom stereocenters. The molecule has 0 radical (unpaired) electrons. The second kappa shape index (κ2) is 4.86. The third-order valence-corrected chi connectivity index (χ3v) is 3.02. The van der Waals surface area contributed by atoms with Crippen LogP contribution in [0.3, 0.4) is 0 Å². The summed E-state index contributed by atoms with van der Waals surface area (Å²) in [6.45, 7) is 4.95. The molecule has 1 fully saturated rings. The Morgan fingerprint density at radius 1 is 1.53 bits per heavy atom. The average Bonchev–Trinajstić information content (AvgIpc) is 2.69. The normalized spacial score (nSPS) is 20.5. The van der Waals surface area contributed by atoms with Crippen LogP contribution >= 0.6 is 11.6 Å². The first-order chi connectivity index (χ1) is 7.25. The van der Waals surface area contributed by atoms with Crippen molar-refractivity contribution in [2.45, 2.75) is 13.3 Å². The first kappa shape index (κ1) is 10.8. The van der Waals surface area contributed by atoms with Gasteiger partial charge in [-0.25, -0.2) is 0 Å². The zero-order valence-electron chi connectivity index (χ0n) is 8.92. The van der Waals surface area contributed by atoms with E-state index in [0.29, 0.717) is 10.9 Å². The maximum absolute atomic E-state index is 6.07. The van der Waals surface area contributed by atoms with Crippen LogP contribution < -0.4 is 10.1 Å². The molecule has 3 heteroatoms. The Kier molecular flexibility index (Phi) is 3.49. The fourth-order valence-corrected chi connectivity index (χ4v) is 2.08. The highest BCUT2D eigenvalue weighted by molar-refractivity contribution is 6.32. The molecule has 1 aliphatic heterocycles. The first-order valence-electron chi connectivity index (χ1n) is 5.35. The van der Waals surface area contributed by atoms with Crippen LogP contribution in [0.1, 0.15) is 12.0 Å². The summed E-state index contributed by atoms with van der Waals surface area (Å²) in [6, 6.07) is 5.90. The number of hydrogen-bond acceptors (Lipinski definition) is 2. The Morgan fingerprint density at radius 2 is 2.40 bits per heavy atom. The van der Waals surface area contributed by atoms with Gasteiger partial charge in [-0.3, -0.25) is 0 Å². The molecule has 1 aromatic rings. The average molecular weight is 226 g/mol. The van der Waals surface area contributed by atoms with Crippen LogP contribution in [-0.2, 0) is 0 Å². The van der Waals surface area contributed by atoms with Crippen molar-refractivity contribution in [3.05, 3.63) is 28.8 Å². The van der Waals surface area contributed by atoms with Crippen LogP contribution in [0.2, 0.25) is 5.02 Å². The highest BCUT2D eigenvalue weighted by Crippen LogP contribution is 2.25. The third kappa shape index (κ3) is 2.86. The van der Waals surface area contributed by atoms with E-state index in [0.717, 1.165) is 31.0 Å². The number of aryl methyl sites for hydroxylation is 1. The number of halogens is 1. The van der Waals surface area contributed by atoms with E-state index in [1.165, 1.54) is 6.42 Å². The molecule has 0 aliphatic carbocycles. The van der Waals surface area contributed by atoms with Gasteiger partial charge in [0.1, 0.15) is 5.75 Å². The molecule has 2 nitrogen and oxygen atoms in total. The van der Waals surface area contributed by atoms with Crippen molar-refractivity contribution in [2.24, 2.45) is 5.92 Å². The Morgan fingerprint density at radius 3 is 3.07 bits per heavy atom. The monoisotopic (exact) mass is 225 g/mol. The molecule has 1 aliphatic rings. The van der Waals surface area contributed by atoms with Gasteiger partial charge in [0.2, 0.25) is 0 Å². The lowest BCUT2D eigenvalue weighted by Crippen LogP contribution is -2.15. The van der Waals surface area contributed by atoms with Gasteiger partial charge in [0, 0.05) is 12.5 Å². The molecule has 1 aromatic carbocycles. The minimum Gasteiger partial charge on any atom is -0.492 e. The standard InChI is InChI=1S/C12H16ClNO/c1-9-2-3-12(11(13)6-9)15-8-10-4-5-14-7-10/h2-3,6,10,14H,4-5,7-8H2,1H3. The second-order valence-electron chi connectivity index (χ2n) is 4.10. The summed E-state index contributed by atoms with van der Waals surface area (Å²) in [5, 5.41) is 4.03. The quantitative estimate of drug-likeness (QED) is 0.854. The summed E-state index contributed by atoms with van der Waals surface area (Å²) >= 11 is 6.07. The van der Waals surface area contributed by atoms with Gasteiger partial charge < -0.3 is 10.1 Å². The van der Waals surface area contributed by atoms with Gasteiger partial charge in [0.15, 0.2) is 0 Å². The minimum absolute atomic E-state index is 0.627. The van der Waals surface area contributed by atoms with Crippen molar-refractivity contribution in [1.29, 1.82) is 0 Å². The number of rotatable bonds is 3. The van der Waals surface area contributed by atoms with Crippen molar-refractivity contribution in [3.63, 3.8) is 0 Å². The Bertz CT molecular complexity index is 334. The van der Waals surface area contributed by atoms with Crippen molar-refractivity contribution < 1.29 is 4.74 Å². The smallest absolute Gasteiger partial charge is 0.137 e. The van der Waals surface area contributed by atoms with E-state index >= 15 is 0 Å². The maximum Gasteiger partial charge on any atom is 0.137 e. The highest BCUT2D eigenvalue weighted by Gasteiger charge is 2.15. The van der Waals surface area contributed by atoms with Gasteiger partial charge in [-0.2, -0.15) is 0 Å². The van der Waals surface area contributed by atoms with E-state index in [9.17, 15) is 0 Å². The van der Waals surface area contributed by atoms with E-state index < -0.39 is 0 Å². The number of benzene rings is 1. The Hall–Kier alpha value is -0.730. The molecule has 82 valence electrons. The van der Waals surface area contributed by atoms with E-state index in [-0.39, 0.29) is 0 Å². The summed E-state index contributed by atoms with van der Waals surface area (Å²) in [5.41, 5.74) is 1.16. The molecule has 0 saturated carbocycles. The van der Waals surface area contributed by atoms with Crippen molar-refractivity contribution in [1.82, 2.24) is 5.32 Å². The molecule has 0 aromatic heterocycles. The topological polar surface area (TPSA) is 21.3 Å². The van der Waals surface area contributed by atoms with Gasteiger partial charge in [-0.1, -0.05) is 17.7 Å². The summed E-state index contributed by atoms with van der Waals surface area (Å²) in [4.78, 5) is 0. The predicted molar refractivity (Wildman–Crippen MR) is 62.7 cm³/mol. The molecule has 15 heavy (non-hydrogen) atoms. The van der Waals surface area contributed by atoms with Crippen molar-refractivity contribution in [3.8, 4) is 5.75 Å². The summed E-state index contributed by atoms with van der Waals surface area (Å²) in [7, 11) is 0. The van der Waals surface area contributed by atoms with Crippen LogP contribution in [0.5, 0.6) is 5.75 Å². The lowest BCUT2D eigenvalue weighted by Gasteiger charge is -2.12. The Labute approximate surface area is 95.6 Å². The third-order valence-electron chi connectivity index (χ3n) is 2.72. The number of ether oxygens (including phenoxy) is 1. The van der Waals surface area contributed by atoms with Gasteiger partial charge in [-0.15, -0.1) is 0 Å². The van der Waals surface area contributed by atoms with Gasteiger partial charge >= 0.3 is 0 Å². The largest absolute Gasteiger partial charge is 0.492 e. The summed E-state index contributed by atoms with van der Waals surface area (Å²) < 4.78 is 5.70. The van der Waals surface area contributed by atoms with Crippen LogP contribution in [0.25, 0.3) is 0 Å². The molecular formula is C12H16ClNO. The first-order valence-corrected chi connectivity index (χ1v) is 5.73. The van der Waals surface area contributed by atoms with E-state index in [4.69, 9.17) is 16.3 Å². The SMILES string of the molecule is Cc1ccc(OCC2CCNC2)c(Cl)c1. The number of nitrogens with one attached hydrogen (secondary N) is 1. The Balaban J connectivity index is 1.92. The predicted octanol–water partition coefficient (Wildman–Crippen LogP) is 2.64. The van der Waals surface area contributed by atoms with Crippen LogP contribution in [-0.4, -0.2) is 19.7 Å². The van der Waals surface area contributed by atoms with Crippen LogP contribution in [0.15, 0.2) is 18.2 Å². The fraction of sp³-hybridized carbons (Fsp3) is 0.500. The zero-order chi connectivity index (χ0) is 10.7. The van der Waals surface area contributed by atoms with Gasteiger partial charge in [0.05, 0.1) is 11.6 Å². The van der Waals surface area contributed by atoms with Gasteiger partial charge in [0.25, 0.3) is 0 Å². The highest BCUT2D eigenvalue weighted by atomic mass is 35.5. The molecule has 0 bridgehead atoms. The second-order valence-corrected chi connectivity index (χ2v) is 4.51. The molecular weight excluding hydrogens is 210 g/mol. The van der Waals surface area contributed by atoms with Gasteiger partial charge in [-0.05, 0) is 37.6 Å². The molecule has 1 unspecified atom stereocenters. The van der Waals surface area contributed by atoms with Crippen LogP contribution in [0.4, 0.5) is 0 Å². The molecule has 2 rings (SSSR count). The minimum atomic E-state index is 0.627. The maximum atomic E-state index is 6.07. The summed E-state index contributed by atoms with van der Waals surface area (Å²) in [6.07, 6.45) is 1.20. The molecule has 0 spiro atoms. The molecule has 0 amide bonds. The lowest BCUT2D eigenvalue weighted by atomic mass is 10.1. The van der Waals surface area contributed by atoms with E-state index in [1.807, 2.05) is 25.1 Å². The van der Waals surface area contributed by atoms with E-state index in [1.54, 1.807) is 0 Å². The van der Waals surface area contributed by atoms with Crippen LogP contribution in [0, 0.1) is 12.8 Å². The zero-order valence-corrected chi connectivity index (χ0v) is 9.68. The molecule has 1 N–H and O–H groups in total. The van der Waals surface area contributed by atoms with Crippen molar-refractivity contribution >= 4 is 11.6 Å². The lowest BCUT2D eigenvalue weighted by molar-refractivity contribution is 0.260. The van der Waals surface area contributed by atoms with Crippen molar-refractivity contribution in [2.75, 3.05) is 19.7 Å². The molecule has 1 heterocycles. The fourth-order valence-electron chi connectivity index (χ4n) is 1.79. The number of hydrogen-bond donors (Lipinski definition) is 1.